The summed E-state index contributed by atoms with van der Waals surface area (Å²) in [4.78, 5) is 13.8. The number of hydrogen-bond acceptors (Lipinski definition) is 3. The van der Waals surface area contributed by atoms with Gasteiger partial charge in [-0.2, -0.15) is 0 Å². The van der Waals surface area contributed by atoms with Gasteiger partial charge in [-0.05, 0) is 86.8 Å². The Morgan fingerprint density at radius 1 is 1.21 bits per heavy atom. The van der Waals surface area contributed by atoms with Crippen LogP contribution in [0.2, 0.25) is 0 Å². The van der Waals surface area contributed by atoms with Crippen molar-refractivity contribution in [3.63, 3.8) is 0 Å². The van der Waals surface area contributed by atoms with Crippen LogP contribution in [0, 0.1) is 6.92 Å². The number of benzene rings is 2. The van der Waals surface area contributed by atoms with Crippen LogP contribution in [0.5, 0.6) is 5.75 Å². The highest BCUT2D eigenvalue weighted by Crippen LogP contribution is 2.27. The highest BCUT2D eigenvalue weighted by molar-refractivity contribution is 7.80. The lowest BCUT2D eigenvalue weighted by atomic mass is 10.1. The summed E-state index contributed by atoms with van der Waals surface area (Å²) in [7, 11) is 0. The molecule has 1 amide bonds. The van der Waals surface area contributed by atoms with Crippen LogP contribution in [-0.2, 0) is 11.2 Å². The van der Waals surface area contributed by atoms with Crippen LogP contribution in [0.1, 0.15) is 37.3 Å². The molecule has 29 heavy (non-hydrogen) atoms. The van der Waals surface area contributed by atoms with Crippen molar-refractivity contribution in [1.29, 1.82) is 0 Å². The molecule has 0 saturated carbocycles. The molecule has 154 valence electrons. The number of hydrogen-bond donors (Lipinski definition) is 2. The highest BCUT2D eigenvalue weighted by atomic mass is 32.1. The zero-order valence-corrected chi connectivity index (χ0v) is 18.0. The smallest absolute Gasteiger partial charge is 0.227 e. The number of nitrogens with one attached hydrogen (secondary N) is 2. The number of aryl methyl sites for hydroxylation is 2. The van der Waals surface area contributed by atoms with Crippen molar-refractivity contribution < 1.29 is 9.53 Å². The topological polar surface area (TPSA) is 53.6 Å². The molecule has 5 nitrogen and oxygen atoms in total. The van der Waals surface area contributed by atoms with Crippen molar-refractivity contribution >= 4 is 34.6 Å². The van der Waals surface area contributed by atoms with Crippen molar-refractivity contribution in [1.82, 2.24) is 5.32 Å². The van der Waals surface area contributed by atoms with E-state index in [1.165, 1.54) is 5.56 Å². The van der Waals surface area contributed by atoms with Gasteiger partial charge in [0, 0.05) is 30.9 Å². The summed E-state index contributed by atoms with van der Waals surface area (Å²) >= 11 is 5.41. The molecular weight excluding hydrogens is 382 g/mol. The van der Waals surface area contributed by atoms with E-state index in [0.29, 0.717) is 18.1 Å². The second kappa shape index (κ2) is 10.3. The Labute approximate surface area is 178 Å². The van der Waals surface area contributed by atoms with E-state index in [9.17, 15) is 4.79 Å². The molecule has 0 atom stereocenters. The van der Waals surface area contributed by atoms with E-state index in [2.05, 4.69) is 22.8 Å². The lowest BCUT2D eigenvalue weighted by molar-refractivity contribution is -0.117. The molecule has 0 aromatic heterocycles. The molecule has 1 aliphatic heterocycles. The number of thiocarbonyl (C=S) groups is 1. The summed E-state index contributed by atoms with van der Waals surface area (Å²) in [6.45, 7) is 6.31. The van der Waals surface area contributed by atoms with E-state index in [1.807, 2.05) is 49.1 Å². The van der Waals surface area contributed by atoms with Gasteiger partial charge in [-0.1, -0.05) is 12.1 Å². The lowest BCUT2D eigenvalue weighted by Gasteiger charge is -2.19. The number of carbonyl (C=O) groups is 1. The van der Waals surface area contributed by atoms with Crippen LogP contribution in [0.3, 0.4) is 0 Å². The largest absolute Gasteiger partial charge is 0.494 e. The molecule has 2 aromatic rings. The molecule has 0 unspecified atom stereocenters. The van der Waals surface area contributed by atoms with Gasteiger partial charge < -0.3 is 20.3 Å². The molecule has 2 aromatic carbocycles. The van der Waals surface area contributed by atoms with Gasteiger partial charge in [-0.3, -0.25) is 4.79 Å². The fourth-order valence-electron chi connectivity index (χ4n) is 3.53. The molecule has 1 heterocycles. The van der Waals surface area contributed by atoms with Crippen molar-refractivity contribution in [3.05, 3.63) is 53.6 Å². The summed E-state index contributed by atoms with van der Waals surface area (Å²) in [5.41, 5.74) is 4.29. The van der Waals surface area contributed by atoms with Gasteiger partial charge in [0.1, 0.15) is 5.75 Å². The van der Waals surface area contributed by atoms with E-state index >= 15 is 0 Å². The average molecular weight is 412 g/mol. The number of ether oxygens (including phenoxy) is 1. The third-order valence-electron chi connectivity index (χ3n) is 4.98. The Balaban J connectivity index is 1.42. The molecule has 1 aliphatic rings. The van der Waals surface area contributed by atoms with Crippen molar-refractivity contribution in [2.24, 2.45) is 0 Å². The van der Waals surface area contributed by atoms with Crippen LogP contribution in [0.25, 0.3) is 0 Å². The van der Waals surface area contributed by atoms with E-state index in [0.717, 1.165) is 55.0 Å². The van der Waals surface area contributed by atoms with Crippen LogP contribution < -0.4 is 20.3 Å². The maximum absolute atomic E-state index is 12.0. The molecule has 0 spiro atoms. The molecule has 1 saturated heterocycles. The van der Waals surface area contributed by atoms with Gasteiger partial charge in [0.05, 0.1) is 6.61 Å². The Bertz CT molecular complexity index is 852. The number of amides is 1. The van der Waals surface area contributed by atoms with Crippen molar-refractivity contribution in [3.8, 4) is 5.75 Å². The van der Waals surface area contributed by atoms with Crippen LogP contribution in [-0.4, -0.2) is 30.7 Å². The molecule has 0 radical (unpaired) electrons. The normalized spacial score (nSPS) is 13.4. The molecule has 2 N–H and O–H groups in total. The summed E-state index contributed by atoms with van der Waals surface area (Å²) in [6.07, 6.45) is 3.55. The second-order valence-electron chi connectivity index (χ2n) is 7.21. The Morgan fingerprint density at radius 3 is 2.66 bits per heavy atom. The number of nitrogens with zero attached hydrogens (tertiary/aromatic N) is 1. The molecule has 6 heteroatoms. The van der Waals surface area contributed by atoms with E-state index in [4.69, 9.17) is 17.0 Å². The predicted octanol–water partition coefficient (Wildman–Crippen LogP) is 4.44. The number of carbonyl (C=O) groups excluding carboxylic acids is 1. The Hall–Kier alpha value is -2.60. The Morgan fingerprint density at radius 2 is 2.00 bits per heavy atom. The Kier molecular flexibility index (Phi) is 7.47. The SMILES string of the molecule is CCOc1ccc(CCCNC(=S)Nc2ccc(N3CCCC3=O)c(C)c2)cc1. The molecule has 1 fully saturated rings. The van der Waals surface area contributed by atoms with Gasteiger partial charge in [-0.15, -0.1) is 0 Å². The maximum Gasteiger partial charge on any atom is 0.227 e. The van der Waals surface area contributed by atoms with Crippen molar-refractivity contribution in [2.75, 3.05) is 29.9 Å². The van der Waals surface area contributed by atoms with Gasteiger partial charge >= 0.3 is 0 Å². The highest BCUT2D eigenvalue weighted by Gasteiger charge is 2.22. The zero-order valence-electron chi connectivity index (χ0n) is 17.2. The maximum atomic E-state index is 12.0. The molecule has 0 aliphatic carbocycles. The fourth-order valence-corrected chi connectivity index (χ4v) is 3.75. The van der Waals surface area contributed by atoms with Gasteiger partial charge in [0.15, 0.2) is 5.11 Å². The zero-order chi connectivity index (χ0) is 20.6. The fraction of sp³-hybridized carbons (Fsp3) is 0.391. The van der Waals surface area contributed by atoms with E-state index < -0.39 is 0 Å². The van der Waals surface area contributed by atoms with E-state index in [1.54, 1.807) is 0 Å². The second-order valence-corrected chi connectivity index (χ2v) is 7.62. The molecule has 3 rings (SSSR count). The third kappa shape index (κ3) is 5.94. The van der Waals surface area contributed by atoms with Crippen LogP contribution in [0.15, 0.2) is 42.5 Å². The number of rotatable bonds is 8. The van der Waals surface area contributed by atoms with Gasteiger partial charge in [0.25, 0.3) is 0 Å². The minimum absolute atomic E-state index is 0.207. The van der Waals surface area contributed by atoms with E-state index in [-0.39, 0.29) is 5.91 Å². The van der Waals surface area contributed by atoms with Crippen molar-refractivity contribution in [2.45, 2.75) is 39.5 Å². The summed E-state index contributed by atoms with van der Waals surface area (Å²) < 4.78 is 5.47. The van der Waals surface area contributed by atoms with Gasteiger partial charge in [-0.25, -0.2) is 0 Å². The average Bonchev–Trinajstić information content (AvgIpc) is 3.12. The lowest BCUT2D eigenvalue weighted by Crippen LogP contribution is -2.29. The predicted molar refractivity (Wildman–Crippen MR) is 123 cm³/mol. The minimum Gasteiger partial charge on any atom is -0.494 e. The first-order valence-electron chi connectivity index (χ1n) is 10.2. The first kappa shape index (κ1) is 21.1. The molecular formula is C23H29N3O2S. The van der Waals surface area contributed by atoms with Crippen LogP contribution >= 0.6 is 12.2 Å². The van der Waals surface area contributed by atoms with Crippen LogP contribution in [0.4, 0.5) is 11.4 Å². The molecule has 0 bridgehead atoms. The minimum atomic E-state index is 0.207. The first-order valence-corrected chi connectivity index (χ1v) is 10.6. The standard InChI is InChI=1S/C23H29N3O2S/c1-3-28-20-11-8-18(9-12-20)6-4-14-24-23(29)25-19-10-13-21(17(2)16-19)26-15-5-7-22(26)27/h8-13,16H,3-7,14-15H2,1-2H3,(H2,24,25,29). The first-order chi connectivity index (χ1) is 14.1. The third-order valence-corrected chi connectivity index (χ3v) is 5.23. The summed E-state index contributed by atoms with van der Waals surface area (Å²) in [5, 5.41) is 7.10. The summed E-state index contributed by atoms with van der Waals surface area (Å²) in [5.74, 6) is 1.12. The monoisotopic (exact) mass is 411 g/mol. The van der Waals surface area contributed by atoms with Gasteiger partial charge in [0.2, 0.25) is 5.91 Å². The number of anilines is 2. The summed E-state index contributed by atoms with van der Waals surface area (Å²) in [6, 6.07) is 14.3. The quantitative estimate of drug-likeness (QED) is 0.497.